The van der Waals surface area contributed by atoms with Crippen molar-refractivity contribution in [2.75, 3.05) is 4.90 Å². The topological polar surface area (TPSA) is 16.4 Å². The minimum atomic E-state index is -0.318. The largest absolute Gasteiger partial charge is 0.456 e. The first-order valence-corrected chi connectivity index (χ1v) is 18.7. The highest BCUT2D eigenvalue weighted by Gasteiger charge is 2.40. The highest BCUT2D eigenvalue weighted by atomic mass is 16.3. The zero-order chi connectivity index (χ0) is 35.8. The average molecular weight is 690 g/mol. The Hall–Kier alpha value is -6.90. The van der Waals surface area contributed by atoms with Crippen LogP contribution < -0.4 is 4.90 Å². The lowest BCUT2D eigenvalue weighted by Crippen LogP contribution is -2.22. The first-order valence-electron chi connectivity index (χ1n) is 18.7. The minimum Gasteiger partial charge on any atom is -0.456 e. The molecule has 1 aliphatic carbocycles. The van der Waals surface area contributed by atoms with E-state index in [1.165, 1.54) is 60.5 Å². The molecule has 0 atom stereocenters. The van der Waals surface area contributed by atoms with Gasteiger partial charge in [-0.3, -0.25) is 0 Å². The van der Waals surface area contributed by atoms with Gasteiger partial charge in [0.1, 0.15) is 11.2 Å². The lowest BCUT2D eigenvalue weighted by molar-refractivity contribution is 0.667. The summed E-state index contributed by atoms with van der Waals surface area (Å²) in [6.07, 6.45) is 0. The monoisotopic (exact) mass is 689 g/mol. The van der Waals surface area contributed by atoms with Gasteiger partial charge in [-0.25, -0.2) is 0 Å². The second-order valence-electron chi connectivity index (χ2n) is 14.6. The van der Waals surface area contributed by atoms with Gasteiger partial charge in [-0.15, -0.1) is 0 Å². The quantitative estimate of drug-likeness (QED) is 0.167. The zero-order valence-electron chi connectivity index (χ0n) is 29.8. The van der Waals surface area contributed by atoms with E-state index in [1.807, 2.05) is 0 Å². The smallest absolute Gasteiger partial charge is 0.137 e. The highest BCUT2D eigenvalue weighted by molar-refractivity contribution is 6.18. The summed E-state index contributed by atoms with van der Waals surface area (Å²) in [6, 6.07) is 70.5. The molecule has 1 aromatic heterocycles. The number of hydrogen-bond acceptors (Lipinski definition) is 2. The Kier molecular flexibility index (Phi) is 6.72. The van der Waals surface area contributed by atoms with Crippen LogP contribution in [0.3, 0.4) is 0 Å². The fourth-order valence-corrected chi connectivity index (χ4v) is 9.13. The van der Waals surface area contributed by atoms with Gasteiger partial charge in [0.15, 0.2) is 0 Å². The molecular formula is C52H35NO. The Bertz CT molecular complexity index is 3020. The molecule has 0 unspecified atom stereocenters. The third kappa shape index (κ3) is 4.47. The van der Waals surface area contributed by atoms with Crippen molar-refractivity contribution in [2.24, 2.45) is 0 Å². The van der Waals surface area contributed by atoms with E-state index >= 15 is 0 Å². The van der Waals surface area contributed by atoms with E-state index in [4.69, 9.17) is 4.42 Å². The fourth-order valence-electron chi connectivity index (χ4n) is 9.13. The molecule has 0 saturated heterocycles. The summed E-state index contributed by atoms with van der Waals surface area (Å²) in [7, 11) is 0. The molecule has 0 radical (unpaired) electrons. The predicted octanol–water partition coefficient (Wildman–Crippen LogP) is 14.4. The van der Waals surface area contributed by atoms with Gasteiger partial charge >= 0.3 is 0 Å². The van der Waals surface area contributed by atoms with Crippen LogP contribution in [0.25, 0.3) is 65.7 Å². The maximum atomic E-state index is 6.71. The van der Waals surface area contributed by atoms with E-state index in [-0.39, 0.29) is 5.41 Å². The van der Waals surface area contributed by atoms with Crippen LogP contribution in [0.4, 0.5) is 17.1 Å². The molecular weight excluding hydrogens is 655 g/mol. The number of rotatable bonds is 5. The highest BCUT2D eigenvalue weighted by Crippen LogP contribution is 2.53. The van der Waals surface area contributed by atoms with Crippen molar-refractivity contribution in [1.29, 1.82) is 0 Å². The summed E-state index contributed by atoms with van der Waals surface area (Å²) in [5.41, 5.74) is 13.6. The molecule has 0 amide bonds. The van der Waals surface area contributed by atoms with Gasteiger partial charge < -0.3 is 9.32 Å². The molecule has 1 aliphatic rings. The summed E-state index contributed by atoms with van der Waals surface area (Å²) in [5, 5.41) is 7.09. The summed E-state index contributed by atoms with van der Waals surface area (Å²) < 4.78 is 6.71. The van der Waals surface area contributed by atoms with Crippen molar-refractivity contribution in [2.45, 2.75) is 12.3 Å². The van der Waals surface area contributed by atoms with E-state index in [0.717, 1.165) is 39.0 Å². The van der Waals surface area contributed by atoms with E-state index < -0.39 is 0 Å². The van der Waals surface area contributed by atoms with Crippen LogP contribution in [-0.4, -0.2) is 0 Å². The minimum absolute atomic E-state index is 0.318. The summed E-state index contributed by atoms with van der Waals surface area (Å²) in [5.74, 6) is 0. The lowest BCUT2D eigenvalue weighted by atomic mass is 9.74. The molecule has 0 saturated carbocycles. The Labute approximate surface area is 314 Å². The maximum Gasteiger partial charge on any atom is 0.137 e. The van der Waals surface area contributed by atoms with Gasteiger partial charge in [-0.1, -0.05) is 152 Å². The molecule has 11 rings (SSSR count). The number of hydrogen-bond donors (Lipinski definition) is 0. The van der Waals surface area contributed by atoms with Crippen LogP contribution >= 0.6 is 0 Å². The van der Waals surface area contributed by atoms with E-state index in [9.17, 15) is 0 Å². The number of anilines is 3. The zero-order valence-corrected chi connectivity index (χ0v) is 29.8. The van der Waals surface area contributed by atoms with Crippen LogP contribution in [0.2, 0.25) is 0 Å². The van der Waals surface area contributed by atoms with E-state index in [2.05, 4.69) is 206 Å². The average Bonchev–Trinajstić information content (AvgIpc) is 3.75. The Morgan fingerprint density at radius 2 is 1.06 bits per heavy atom. The van der Waals surface area contributed by atoms with Crippen molar-refractivity contribution in [1.82, 2.24) is 0 Å². The van der Waals surface area contributed by atoms with Gasteiger partial charge in [0, 0.05) is 21.9 Å². The Morgan fingerprint density at radius 1 is 0.426 bits per heavy atom. The SMILES string of the molecule is CC1(c2ccc3oc4cccc(N(c5ccc(-c6ccccc6)cc5)c5cc6ccccc6c6ccccc56)c4c3c2)c2ccccc2-c2ccccc21. The van der Waals surface area contributed by atoms with Crippen LogP contribution in [-0.2, 0) is 5.41 Å². The van der Waals surface area contributed by atoms with Gasteiger partial charge in [0.2, 0.25) is 0 Å². The van der Waals surface area contributed by atoms with Gasteiger partial charge in [-0.2, -0.15) is 0 Å². The normalized spacial score (nSPS) is 13.1. The van der Waals surface area contributed by atoms with Crippen LogP contribution in [0.1, 0.15) is 23.6 Å². The fraction of sp³-hybridized carbons (Fsp3) is 0.0385. The second-order valence-corrected chi connectivity index (χ2v) is 14.6. The van der Waals surface area contributed by atoms with E-state index in [1.54, 1.807) is 0 Å². The molecule has 0 fully saturated rings. The number of nitrogens with zero attached hydrogens (tertiary/aromatic N) is 1. The van der Waals surface area contributed by atoms with Gasteiger partial charge in [0.25, 0.3) is 0 Å². The first-order chi connectivity index (χ1) is 26.7. The molecule has 0 aliphatic heterocycles. The van der Waals surface area contributed by atoms with Gasteiger partial charge in [-0.05, 0) is 104 Å². The molecule has 0 spiro atoms. The maximum absolute atomic E-state index is 6.71. The number of furan rings is 1. The third-order valence-electron chi connectivity index (χ3n) is 11.7. The Morgan fingerprint density at radius 3 is 1.81 bits per heavy atom. The lowest BCUT2D eigenvalue weighted by Gasteiger charge is -2.29. The van der Waals surface area contributed by atoms with Gasteiger partial charge in [0.05, 0.1) is 16.8 Å². The molecule has 0 bridgehead atoms. The molecule has 54 heavy (non-hydrogen) atoms. The predicted molar refractivity (Wildman–Crippen MR) is 226 cm³/mol. The summed E-state index contributed by atoms with van der Waals surface area (Å²) in [6.45, 7) is 2.38. The summed E-state index contributed by atoms with van der Waals surface area (Å²) >= 11 is 0. The number of benzene rings is 9. The molecule has 1 heterocycles. The molecule has 2 heteroatoms. The molecule has 254 valence electrons. The molecule has 9 aromatic carbocycles. The van der Waals surface area contributed by atoms with Crippen molar-refractivity contribution < 1.29 is 4.42 Å². The molecule has 0 N–H and O–H groups in total. The summed E-state index contributed by atoms with van der Waals surface area (Å²) in [4.78, 5) is 2.44. The van der Waals surface area contributed by atoms with Crippen molar-refractivity contribution in [3.8, 4) is 22.3 Å². The van der Waals surface area contributed by atoms with Crippen LogP contribution in [0.15, 0.2) is 199 Å². The molecule has 2 nitrogen and oxygen atoms in total. The van der Waals surface area contributed by atoms with Crippen molar-refractivity contribution in [3.05, 3.63) is 211 Å². The van der Waals surface area contributed by atoms with Crippen molar-refractivity contribution in [3.63, 3.8) is 0 Å². The van der Waals surface area contributed by atoms with Crippen LogP contribution in [0, 0.1) is 0 Å². The van der Waals surface area contributed by atoms with Crippen LogP contribution in [0.5, 0.6) is 0 Å². The molecule has 10 aromatic rings. The third-order valence-corrected chi connectivity index (χ3v) is 11.7. The second kappa shape index (κ2) is 11.8. The Balaban J connectivity index is 1.18. The van der Waals surface area contributed by atoms with E-state index in [0.29, 0.717) is 0 Å². The van der Waals surface area contributed by atoms with Crippen molar-refractivity contribution >= 4 is 60.5 Å². The standard InChI is InChI=1S/C52H35NO/c1-52(45-22-11-9-19-41(45)42-20-10-12-23-46(42)52)37-28-31-49-44(33-37)51-47(24-13-25-50(51)54-49)53(38-29-26-35(27-30-38)34-14-3-2-4-15-34)48-32-36-16-5-6-17-39(36)40-18-7-8-21-43(40)48/h2-33H,1H3. The first kappa shape index (κ1) is 30.7. The number of fused-ring (bicyclic) bond motifs is 9.